The quantitative estimate of drug-likeness (QED) is 0.670. The average Bonchev–Trinajstić information content (AvgIpc) is 3.09. The van der Waals surface area contributed by atoms with Crippen molar-refractivity contribution in [1.29, 1.82) is 0 Å². The van der Waals surface area contributed by atoms with E-state index >= 15 is 0 Å². The predicted molar refractivity (Wildman–Crippen MR) is 98.8 cm³/mol. The normalized spacial score (nSPS) is 27.3. The molecule has 9 nitrogen and oxygen atoms in total. The van der Waals surface area contributed by atoms with Gasteiger partial charge in [0, 0.05) is 0 Å². The summed E-state index contributed by atoms with van der Waals surface area (Å²) in [6.07, 6.45) is -0.122. The molecule has 0 aliphatic carbocycles. The molecule has 0 radical (unpaired) electrons. The van der Waals surface area contributed by atoms with Gasteiger partial charge < -0.3 is 25.1 Å². The number of fused-ring (bicyclic) bond motifs is 1. The summed E-state index contributed by atoms with van der Waals surface area (Å²) in [5.41, 5.74) is 6.82. The lowest BCUT2D eigenvalue weighted by Crippen LogP contribution is -2.48. The highest BCUT2D eigenvalue weighted by Gasteiger charge is 2.50. The van der Waals surface area contributed by atoms with Crippen molar-refractivity contribution < 1.29 is 19.4 Å². The number of hydrogen-bond donors (Lipinski definition) is 3. The summed E-state index contributed by atoms with van der Waals surface area (Å²) < 4.78 is 14.0. The molecule has 0 aromatic carbocycles. The summed E-state index contributed by atoms with van der Waals surface area (Å²) in [6.45, 7) is 10.3. The van der Waals surface area contributed by atoms with Crippen molar-refractivity contribution in [3.8, 4) is 0 Å². The van der Waals surface area contributed by atoms with Crippen LogP contribution in [0.15, 0.2) is 12.7 Å². The number of ether oxygens (including phenoxy) is 1. The fourth-order valence-electron chi connectivity index (χ4n) is 2.79. The van der Waals surface area contributed by atoms with E-state index in [1.807, 2.05) is 0 Å². The maximum atomic E-state index is 10.7. The lowest BCUT2D eigenvalue weighted by Gasteiger charge is -2.40. The fourth-order valence-corrected chi connectivity index (χ4v) is 4.08. The van der Waals surface area contributed by atoms with Crippen LogP contribution in [-0.4, -0.2) is 63.0 Å². The summed E-state index contributed by atoms with van der Waals surface area (Å²) in [5, 5.41) is 20.2. The van der Waals surface area contributed by atoms with Gasteiger partial charge in [-0.05, 0) is 18.1 Å². The Balaban J connectivity index is 2.01. The van der Waals surface area contributed by atoms with Gasteiger partial charge in [0.05, 0.1) is 12.9 Å². The van der Waals surface area contributed by atoms with Gasteiger partial charge in [-0.3, -0.25) is 4.57 Å². The van der Waals surface area contributed by atoms with Crippen molar-refractivity contribution in [3.05, 3.63) is 12.7 Å². The summed E-state index contributed by atoms with van der Waals surface area (Å²) in [6, 6.07) is 0. The van der Waals surface area contributed by atoms with Crippen LogP contribution in [0.2, 0.25) is 18.1 Å². The van der Waals surface area contributed by atoms with Crippen LogP contribution >= 0.6 is 0 Å². The molecule has 1 fully saturated rings. The predicted octanol–water partition coefficient (Wildman–Crippen LogP) is 1.05. The molecule has 2 aromatic rings. The molecule has 2 aromatic heterocycles. The first-order valence-corrected chi connectivity index (χ1v) is 11.5. The Morgan fingerprint density at radius 1 is 1.31 bits per heavy atom. The molecular weight excluding hydrogens is 354 g/mol. The molecule has 26 heavy (non-hydrogen) atoms. The second-order valence-electron chi connectivity index (χ2n) is 8.16. The molecule has 0 spiro atoms. The van der Waals surface area contributed by atoms with Crippen molar-refractivity contribution in [3.63, 3.8) is 0 Å². The number of aromatic nitrogens is 4. The van der Waals surface area contributed by atoms with E-state index in [1.54, 1.807) is 10.9 Å². The number of hydrogen-bond acceptors (Lipinski definition) is 8. The summed E-state index contributed by atoms with van der Waals surface area (Å²) in [5.74, 6) is 0.271. The minimum atomic E-state index is -2.20. The molecule has 4 atom stereocenters. The zero-order chi connectivity index (χ0) is 19.3. The molecule has 3 heterocycles. The van der Waals surface area contributed by atoms with E-state index in [0.717, 1.165) is 0 Å². The number of aliphatic hydroxyl groups excluding tert-OH is 2. The highest BCUT2D eigenvalue weighted by atomic mass is 28.4. The van der Waals surface area contributed by atoms with Gasteiger partial charge in [-0.1, -0.05) is 20.8 Å². The molecule has 0 amide bonds. The maximum Gasteiger partial charge on any atom is 0.192 e. The van der Waals surface area contributed by atoms with Crippen LogP contribution < -0.4 is 5.73 Å². The number of aliphatic hydroxyl groups is 2. The third kappa shape index (κ3) is 3.12. The monoisotopic (exact) mass is 381 g/mol. The highest BCUT2D eigenvalue weighted by Crippen LogP contribution is 2.42. The van der Waals surface area contributed by atoms with Crippen molar-refractivity contribution >= 4 is 25.3 Å². The van der Waals surface area contributed by atoms with E-state index in [1.165, 1.54) is 6.33 Å². The molecule has 1 unspecified atom stereocenters. The summed E-state index contributed by atoms with van der Waals surface area (Å²) >= 11 is 0. The third-order valence-corrected chi connectivity index (χ3v) is 9.86. The van der Waals surface area contributed by atoms with Gasteiger partial charge in [-0.15, -0.1) is 0 Å². The highest BCUT2D eigenvalue weighted by molar-refractivity contribution is 6.74. The van der Waals surface area contributed by atoms with Gasteiger partial charge in [0.15, 0.2) is 26.0 Å². The van der Waals surface area contributed by atoms with E-state index in [4.69, 9.17) is 14.9 Å². The van der Waals surface area contributed by atoms with E-state index in [9.17, 15) is 10.2 Å². The molecule has 144 valence electrons. The second-order valence-corrected chi connectivity index (χ2v) is 12.9. The van der Waals surface area contributed by atoms with Crippen molar-refractivity contribution in [2.24, 2.45) is 0 Å². The van der Waals surface area contributed by atoms with E-state index in [2.05, 4.69) is 48.8 Å². The van der Waals surface area contributed by atoms with Gasteiger partial charge >= 0.3 is 0 Å². The second kappa shape index (κ2) is 6.53. The number of nitrogen functional groups attached to an aromatic ring is 1. The van der Waals surface area contributed by atoms with Crippen molar-refractivity contribution in [1.82, 2.24) is 19.5 Å². The SMILES string of the molecule is CC(C)(C)[Si](C)(C)O[C@H]1C(O)[C@@H](CO)O[C@H]1n1cnc2c(N)ncnc21. The Morgan fingerprint density at radius 3 is 2.62 bits per heavy atom. The first kappa shape index (κ1) is 19.2. The Hall–Kier alpha value is -1.59. The molecule has 0 bridgehead atoms. The van der Waals surface area contributed by atoms with Crippen LogP contribution in [0.4, 0.5) is 5.82 Å². The van der Waals surface area contributed by atoms with Crippen LogP contribution in [0.25, 0.3) is 11.2 Å². The number of imidazole rings is 1. The topological polar surface area (TPSA) is 129 Å². The lowest BCUT2D eigenvalue weighted by molar-refractivity contribution is -0.0497. The molecule has 3 rings (SSSR count). The Bertz CT molecular complexity index is 791. The molecule has 10 heteroatoms. The minimum absolute atomic E-state index is 0.0435. The number of rotatable bonds is 4. The van der Waals surface area contributed by atoms with Crippen molar-refractivity contribution in [2.75, 3.05) is 12.3 Å². The van der Waals surface area contributed by atoms with E-state index in [-0.39, 0.29) is 17.5 Å². The molecule has 1 aliphatic rings. The van der Waals surface area contributed by atoms with E-state index in [0.29, 0.717) is 11.2 Å². The molecular formula is C16H27N5O4Si. The van der Waals surface area contributed by atoms with Crippen LogP contribution in [0.3, 0.4) is 0 Å². The zero-order valence-electron chi connectivity index (χ0n) is 15.7. The van der Waals surface area contributed by atoms with Gasteiger partial charge in [-0.2, -0.15) is 0 Å². The van der Waals surface area contributed by atoms with Crippen LogP contribution in [-0.2, 0) is 9.16 Å². The smallest absolute Gasteiger partial charge is 0.192 e. The van der Waals surface area contributed by atoms with E-state index < -0.39 is 32.9 Å². The average molecular weight is 382 g/mol. The summed E-state index contributed by atoms with van der Waals surface area (Å²) in [4.78, 5) is 12.4. The fraction of sp³-hybridized carbons (Fsp3) is 0.688. The lowest BCUT2D eigenvalue weighted by atomic mass is 10.1. The van der Waals surface area contributed by atoms with Crippen LogP contribution in [0.5, 0.6) is 0 Å². The summed E-state index contributed by atoms with van der Waals surface area (Å²) in [7, 11) is -2.20. The third-order valence-electron chi connectivity index (χ3n) is 5.39. The number of nitrogens with zero attached hydrogens (tertiary/aromatic N) is 4. The van der Waals surface area contributed by atoms with Gasteiger partial charge in [0.25, 0.3) is 0 Å². The molecule has 0 saturated carbocycles. The zero-order valence-corrected chi connectivity index (χ0v) is 16.7. The standard InChI is InChI=1S/C16H27N5O4Si/c1-16(2,3)26(4,5)25-12-11(23)9(6-22)24-15(12)21-8-20-10-13(17)18-7-19-14(10)21/h7-9,11-12,15,22-23H,6H2,1-5H3,(H2,17,18,19)/t9-,11?,12+,15-/m1/s1. The van der Waals surface area contributed by atoms with Crippen LogP contribution in [0, 0.1) is 0 Å². The maximum absolute atomic E-state index is 10.7. The van der Waals surface area contributed by atoms with Gasteiger partial charge in [0.2, 0.25) is 0 Å². The van der Waals surface area contributed by atoms with Crippen LogP contribution in [0.1, 0.15) is 27.0 Å². The molecule has 1 saturated heterocycles. The minimum Gasteiger partial charge on any atom is -0.407 e. The van der Waals surface area contributed by atoms with Crippen molar-refractivity contribution in [2.45, 2.75) is 63.4 Å². The Morgan fingerprint density at radius 2 is 2.00 bits per heavy atom. The Kier molecular flexibility index (Phi) is 4.82. The largest absolute Gasteiger partial charge is 0.407 e. The van der Waals surface area contributed by atoms with Gasteiger partial charge in [0.1, 0.15) is 30.2 Å². The van der Waals surface area contributed by atoms with Gasteiger partial charge in [-0.25, -0.2) is 15.0 Å². The number of anilines is 1. The first-order valence-electron chi connectivity index (χ1n) is 8.62. The number of nitrogens with two attached hydrogens (primary N) is 1. The molecule has 1 aliphatic heterocycles. The molecule has 4 N–H and O–H groups in total. The Labute approximate surface area is 153 Å². The first-order chi connectivity index (χ1) is 12.1.